The van der Waals surface area contributed by atoms with E-state index < -0.39 is 0 Å². The normalized spacial score (nSPS) is 10.7. The van der Waals surface area contributed by atoms with Crippen molar-refractivity contribution in [2.24, 2.45) is 0 Å². The Bertz CT molecular complexity index is 374. The SMILES string of the molecule is CCOc1nc(N)nc(NCCOCCN(C)C)n1. The lowest BCUT2D eigenvalue weighted by Crippen LogP contribution is -2.20. The Morgan fingerprint density at radius 1 is 1.21 bits per heavy atom. The third-order valence-corrected chi connectivity index (χ3v) is 2.12. The van der Waals surface area contributed by atoms with E-state index in [4.69, 9.17) is 15.2 Å². The predicted molar refractivity (Wildman–Crippen MR) is 73.3 cm³/mol. The van der Waals surface area contributed by atoms with Gasteiger partial charge in [-0.25, -0.2) is 0 Å². The maximum atomic E-state index is 5.56. The van der Waals surface area contributed by atoms with E-state index in [-0.39, 0.29) is 12.0 Å². The van der Waals surface area contributed by atoms with E-state index in [1.165, 1.54) is 0 Å². The fourth-order valence-electron chi connectivity index (χ4n) is 1.23. The molecule has 19 heavy (non-hydrogen) atoms. The number of hydrogen-bond acceptors (Lipinski definition) is 8. The van der Waals surface area contributed by atoms with Gasteiger partial charge in [-0.15, -0.1) is 0 Å². The maximum absolute atomic E-state index is 5.56. The summed E-state index contributed by atoms with van der Waals surface area (Å²) in [5.41, 5.74) is 5.56. The monoisotopic (exact) mass is 270 g/mol. The molecule has 0 aliphatic rings. The number of nitrogens with two attached hydrogens (primary N) is 1. The van der Waals surface area contributed by atoms with E-state index in [0.29, 0.717) is 32.3 Å². The van der Waals surface area contributed by atoms with Crippen LogP contribution in [0.15, 0.2) is 0 Å². The smallest absolute Gasteiger partial charge is 0.323 e. The molecule has 0 unspecified atom stereocenters. The second-order valence-corrected chi connectivity index (χ2v) is 4.08. The number of hydrogen-bond donors (Lipinski definition) is 2. The number of aromatic nitrogens is 3. The quantitative estimate of drug-likeness (QED) is 0.597. The number of ether oxygens (including phenoxy) is 2. The molecule has 1 aromatic rings. The number of nitrogens with one attached hydrogen (secondary N) is 1. The minimum atomic E-state index is 0.134. The molecule has 0 fully saturated rings. The molecule has 1 rings (SSSR count). The third-order valence-electron chi connectivity index (χ3n) is 2.12. The van der Waals surface area contributed by atoms with E-state index in [0.717, 1.165) is 6.54 Å². The first-order valence-electron chi connectivity index (χ1n) is 6.22. The highest BCUT2D eigenvalue weighted by Gasteiger charge is 2.04. The summed E-state index contributed by atoms with van der Waals surface area (Å²) in [4.78, 5) is 14.0. The van der Waals surface area contributed by atoms with Crippen LogP contribution in [-0.2, 0) is 4.74 Å². The van der Waals surface area contributed by atoms with Crippen LogP contribution in [-0.4, -0.2) is 66.9 Å². The van der Waals surface area contributed by atoms with Crippen molar-refractivity contribution < 1.29 is 9.47 Å². The van der Waals surface area contributed by atoms with Crippen molar-refractivity contribution in [3.63, 3.8) is 0 Å². The van der Waals surface area contributed by atoms with Crippen molar-refractivity contribution in [2.45, 2.75) is 6.92 Å². The second-order valence-electron chi connectivity index (χ2n) is 4.08. The van der Waals surface area contributed by atoms with Crippen molar-refractivity contribution in [1.29, 1.82) is 0 Å². The molecule has 0 spiro atoms. The van der Waals surface area contributed by atoms with Crippen LogP contribution in [0.5, 0.6) is 6.01 Å². The lowest BCUT2D eigenvalue weighted by Gasteiger charge is -2.10. The van der Waals surface area contributed by atoms with Gasteiger partial charge in [0.15, 0.2) is 0 Å². The van der Waals surface area contributed by atoms with Crippen LogP contribution >= 0.6 is 0 Å². The minimum Gasteiger partial charge on any atom is -0.464 e. The number of likely N-dealkylation sites (N-methyl/N-ethyl adjacent to an activating group) is 1. The van der Waals surface area contributed by atoms with Crippen LogP contribution in [0.4, 0.5) is 11.9 Å². The summed E-state index contributed by atoms with van der Waals surface area (Å²) in [7, 11) is 4.01. The lowest BCUT2D eigenvalue weighted by molar-refractivity contribution is 0.126. The van der Waals surface area contributed by atoms with Crippen LogP contribution < -0.4 is 15.8 Å². The molecule has 3 N–H and O–H groups in total. The second kappa shape index (κ2) is 8.44. The Kier molecular flexibility index (Phi) is 6.83. The molecule has 0 aliphatic carbocycles. The summed E-state index contributed by atoms with van der Waals surface area (Å²) >= 11 is 0. The summed E-state index contributed by atoms with van der Waals surface area (Å²) in [6.45, 7) is 5.10. The zero-order valence-electron chi connectivity index (χ0n) is 11.7. The molecule has 0 saturated carbocycles. The Labute approximate surface area is 113 Å². The first-order valence-corrected chi connectivity index (χ1v) is 6.22. The largest absolute Gasteiger partial charge is 0.464 e. The highest BCUT2D eigenvalue weighted by Crippen LogP contribution is 2.08. The Balaban J connectivity index is 2.28. The van der Waals surface area contributed by atoms with Crippen LogP contribution in [0.2, 0.25) is 0 Å². The molecule has 1 heterocycles. The third kappa shape index (κ3) is 6.73. The molecule has 0 bridgehead atoms. The van der Waals surface area contributed by atoms with E-state index in [1.807, 2.05) is 21.0 Å². The topological polar surface area (TPSA) is 98.4 Å². The molecule has 0 aromatic carbocycles. The van der Waals surface area contributed by atoms with Gasteiger partial charge < -0.3 is 25.4 Å². The average molecular weight is 270 g/mol. The average Bonchev–Trinajstić information content (AvgIpc) is 2.33. The van der Waals surface area contributed by atoms with Crippen LogP contribution in [0.25, 0.3) is 0 Å². The molecule has 1 aromatic heterocycles. The maximum Gasteiger partial charge on any atom is 0.323 e. The van der Waals surface area contributed by atoms with Gasteiger partial charge >= 0.3 is 6.01 Å². The summed E-state index contributed by atoms with van der Waals surface area (Å²) in [5, 5.41) is 3.01. The fraction of sp³-hybridized carbons (Fsp3) is 0.727. The van der Waals surface area contributed by atoms with Gasteiger partial charge in [0.25, 0.3) is 0 Å². The highest BCUT2D eigenvalue weighted by molar-refractivity contribution is 5.32. The van der Waals surface area contributed by atoms with E-state index in [2.05, 4.69) is 25.2 Å². The van der Waals surface area contributed by atoms with Gasteiger partial charge in [0.05, 0.1) is 19.8 Å². The van der Waals surface area contributed by atoms with Gasteiger partial charge in [-0.1, -0.05) is 0 Å². The number of nitrogens with zero attached hydrogens (tertiary/aromatic N) is 4. The first kappa shape index (κ1) is 15.4. The molecular formula is C11H22N6O2. The molecule has 108 valence electrons. The Morgan fingerprint density at radius 2 is 2.00 bits per heavy atom. The molecule has 0 radical (unpaired) electrons. The summed E-state index contributed by atoms with van der Waals surface area (Å²) in [6, 6.07) is 0.228. The van der Waals surface area contributed by atoms with E-state index >= 15 is 0 Å². The number of rotatable bonds is 9. The van der Waals surface area contributed by atoms with Gasteiger partial charge in [-0.3, -0.25) is 0 Å². The molecule has 8 heteroatoms. The Morgan fingerprint density at radius 3 is 2.68 bits per heavy atom. The van der Waals surface area contributed by atoms with Crippen molar-refractivity contribution in [1.82, 2.24) is 19.9 Å². The molecule has 0 aliphatic heterocycles. The van der Waals surface area contributed by atoms with Gasteiger partial charge in [0.2, 0.25) is 11.9 Å². The zero-order chi connectivity index (χ0) is 14.1. The van der Waals surface area contributed by atoms with Crippen molar-refractivity contribution in [2.75, 3.05) is 58.1 Å². The van der Waals surface area contributed by atoms with E-state index in [1.54, 1.807) is 0 Å². The van der Waals surface area contributed by atoms with Gasteiger partial charge in [0, 0.05) is 13.1 Å². The summed E-state index contributed by atoms with van der Waals surface area (Å²) < 4.78 is 10.6. The van der Waals surface area contributed by atoms with Gasteiger partial charge in [-0.05, 0) is 21.0 Å². The zero-order valence-corrected chi connectivity index (χ0v) is 11.7. The van der Waals surface area contributed by atoms with Crippen molar-refractivity contribution in [3.05, 3.63) is 0 Å². The highest BCUT2D eigenvalue weighted by atomic mass is 16.5. The van der Waals surface area contributed by atoms with Crippen molar-refractivity contribution >= 4 is 11.9 Å². The number of anilines is 2. The first-order chi connectivity index (χ1) is 9.11. The van der Waals surface area contributed by atoms with Crippen LogP contribution in [0.1, 0.15) is 6.92 Å². The van der Waals surface area contributed by atoms with Gasteiger partial charge in [-0.2, -0.15) is 15.0 Å². The molecular weight excluding hydrogens is 248 g/mol. The minimum absolute atomic E-state index is 0.134. The number of nitrogen functional groups attached to an aromatic ring is 1. The molecule has 0 saturated heterocycles. The Hall–Kier alpha value is -1.67. The summed E-state index contributed by atoms with van der Waals surface area (Å²) in [6.07, 6.45) is 0. The predicted octanol–water partition coefficient (Wildman–Crippen LogP) is -0.157. The molecule has 0 atom stereocenters. The van der Waals surface area contributed by atoms with E-state index in [9.17, 15) is 0 Å². The summed E-state index contributed by atoms with van der Waals surface area (Å²) in [5.74, 6) is 0.529. The fourth-order valence-corrected chi connectivity index (χ4v) is 1.23. The van der Waals surface area contributed by atoms with Crippen LogP contribution in [0.3, 0.4) is 0 Å². The van der Waals surface area contributed by atoms with Crippen LogP contribution in [0, 0.1) is 0 Å². The van der Waals surface area contributed by atoms with Gasteiger partial charge in [0.1, 0.15) is 0 Å². The van der Waals surface area contributed by atoms with Crippen molar-refractivity contribution in [3.8, 4) is 6.01 Å². The standard InChI is InChI=1S/C11H22N6O2/c1-4-19-11-15-9(12)14-10(16-11)13-5-7-18-8-6-17(2)3/h4-8H2,1-3H3,(H3,12,13,14,15,16). The molecule has 0 amide bonds. The lowest BCUT2D eigenvalue weighted by atomic mass is 10.6. The molecule has 8 nitrogen and oxygen atoms in total.